The second-order valence-corrected chi connectivity index (χ2v) is 4.12. The number of unbranched alkanes of at least 4 members (excludes halogenated alkanes) is 1. The maximum absolute atomic E-state index is 12.0. The standard InChI is InChI=1S/C13H24O3/c1-5-8-9-11(6-2)12(14)10(4)13(15)16-7-3/h10-11H,5-9H2,1-4H3. The Morgan fingerprint density at radius 1 is 1.19 bits per heavy atom. The summed E-state index contributed by atoms with van der Waals surface area (Å²) in [4.78, 5) is 23.4. The lowest BCUT2D eigenvalue weighted by Crippen LogP contribution is -2.29. The molecule has 0 saturated carbocycles. The normalized spacial score (nSPS) is 14.2. The molecule has 16 heavy (non-hydrogen) atoms. The van der Waals surface area contributed by atoms with Crippen molar-refractivity contribution in [1.29, 1.82) is 0 Å². The lowest BCUT2D eigenvalue weighted by Gasteiger charge is -2.17. The first-order chi connectivity index (χ1) is 7.58. The van der Waals surface area contributed by atoms with Crippen molar-refractivity contribution in [2.24, 2.45) is 11.8 Å². The number of carbonyl (C=O) groups excluding carboxylic acids is 2. The Hall–Kier alpha value is -0.860. The van der Waals surface area contributed by atoms with E-state index in [4.69, 9.17) is 4.74 Å². The van der Waals surface area contributed by atoms with Crippen molar-refractivity contribution in [3.8, 4) is 0 Å². The molecule has 0 N–H and O–H groups in total. The molecule has 0 aromatic rings. The largest absolute Gasteiger partial charge is 0.465 e. The third-order valence-electron chi connectivity index (χ3n) is 2.87. The van der Waals surface area contributed by atoms with E-state index in [0.29, 0.717) is 6.61 Å². The van der Waals surface area contributed by atoms with Crippen LogP contribution in [-0.4, -0.2) is 18.4 Å². The monoisotopic (exact) mass is 228 g/mol. The molecule has 0 rings (SSSR count). The van der Waals surface area contributed by atoms with E-state index in [1.165, 1.54) is 0 Å². The van der Waals surface area contributed by atoms with E-state index in [0.717, 1.165) is 25.7 Å². The van der Waals surface area contributed by atoms with Crippen LogP contribution >= 0.6 is 0 Å². The van der Waals surface area contributed by atoms with Crippen molar-refractivity contribution < 1.29 is 14.3 Å². The van der Waals surface area contributed by atoms with Gasteiger partial charge in [0.05, 0.1) is 6.61 Å². The summed E-state index contributed by atoms with van der Waals surface area (Å²) in [5.41, 5.74) is 0. The molecule has 0 bridgehead atoms. The quantitative estimate of drug-likeness (QED) is 0.474. The molecular weight excluding hydrogens is 204 g/mol. The average molecular weight is 228 g/mol. The molecule has 0 aliphatic carbocycles. The highest BCUT2D eigenvalue weighted by Crippen LogP contribution is 2.18. The van der Waals surface area contributed by atoms with Gasteiger partial charge in [0.25, 0.3) is 0 Å². The Labute approximate surface area is 98.6 Å². The topological polar surface area (TPSA) is 43.4 Å². The van der Waals surface area contributed by atoms with Crippen molar-refractivity contribution in [2.45, 2.75) is 53.4 Å². The summed E-state index contributed by atoms with van der Waals surface area (Å²) in [6.07, 6.45) is 3.81. The maximum atomic E-state index is 12.0. The first-order valence-corrected chi connectivity index (χ1v) is 6.28. The van der Waals surface area contributed by atoms with E-state index in [1.807, 2.05) is 6.92 Å². The van der Waals surface area contributed by atoms with Gasteiger partial charge < -0.3 is 4.74 Å². The first kappa shape index (κ1) is 15.1. The van der Waals surface area contributed by atoms with E-state index < -0.39 is 5.92 Å². The Morgan fingerprint density at radius 3 is 2.25 bits per heavy atom. The minimum Gasteiger partial charge on any atom is -0.465 e. The van der Waals surface area contributed by atoms with E-state index in [-0.39, 0.29) is 17.7 Å². The summed E-state index contributed by atoms with van der Waals surface area (Å²) >= 11 is 0. The van der Waals surface area contributed by atoms with E-state index in [9.17, 15) is 9.59 Å². The molecule has 0 fully saturated rings. The van der Waals surface area contributed by atoms with Gasteiger partial charge in [-0.3, -0.25) is 9.59 Å². The number of rotatable bonds is 8. The Kier molecular flexibility index (Phi) is 7.86. The highest BCUT2D eigenvalue weighted by Gasteiger charge is 2.28. The molecule has 0 spiro atoms. The number of esters is 1. The molecule has 0 aromatic heterocycles. The minimum absolute atomic E-state index is 0.0133. The zero-order chi connectivity index (χ0) is 12.6. The fourth-order valence-electron chi connectivity index (χ4n) is 1.74. The van der Waals surface area contributed by atoms with Crippen LogP contribution in [0.1, 0.15) is 53.4 Å². The summed E-state index contributed by atoms with van der Waals surface area (Å²) in [5, 5.41) is 0. The van der Waals surface area contributed by atoms with Crippen LogP contribution in [0.15, 0.2) is 0 Å². The molecule has 0 aliphatic heterocycles. The maximum Gasteiger partial charge on any atom is 0.316 e. The van der Waals surface area contributed by atoms with Gasteiger partial charge in [-0.1, -0.05) is 26.7 Å². The number of Topliss-reactive ketones (excluding diaryl/α,β-unsaturated/α-hetero) is 1. The molecular formula is C13H24O3. The summed E-state index contributed by atoms with van der Waals surface area (Å²) < 4.78 is 4.86. The summed E-state index contributed by atoms with van der Waals surface area (Å²) in [6.45, 7) is 7.84. The fraction of sp³-hybridized carbons (Fsp3) is 0.846. The highest BCUT2D eigenvalue weighted by atomic mass is 16.5. The summed E-state index contributed by atoms with van der Waals surface area (Å²) in [6, 6.07) is 0. The highest BCUT2D eigenvalue weighted by molar-refractivity contribution is 5.99. The number of hydrogen-bond donors (Lipinski definition) is 0. The molecule has 0 amide bonds. The van der Waals surface area contributed by atoms with Gasteiger partial charge in [-0.05, 0) is 26.7 Å². The van der Waals surface area contributed by atoms with Crippen molar-refractivity contribution >= 4 is 11.8 Å². The number of ether oxygens (including phenoxy) is 1. The Morgan fingerprint density at radius 2 is 1.81 bits per heavy atom. The molecule has 0 heterocycles. The third kappa shape index (κ3) is 4.77. The van der Waals surface area contributed by atoms with Crippen LogP contribution in [-0.2, 0) is 14.3 Å². The summed E-state index contributed by atoms with van der Waals surface area (Å²) in [5.74, 6) is -0.946. The molecule has 2 atom stereocenters. The molecule has 0 aromatic carbocycles. The van der Waals surface area contributed by atoms with Crippen LogP contribution in [0.25, 0.3) is 0 Å². The molecule has 3 nitrogen and oxygen atoms in total. The van der Waals surface area contributed by atoms with Crippen molar-refractivity contribution in [3.05, 3.63) is 0 Å². The average Bonchev–Trinajstić information content (AvgIpc) is 2.29. The third-order valence-corrected chi connectivity index (χ3v) is 2.87. The van der Waals surface area contributed by atoms with Crippen LogP contribution in [0, 0.1) is 11.8 Å². The minimum atomic E-state index is -0.609. The second kappa shape index (κ2) is 8.31. The predicted octanol–water partition coefficient (Wildman–Crippen LogP) is 2.97. The van der Waals surface area contributed by atoms with E-state index in [2.05, 4.69) is 6.92 Å². The van der Waals surface area contributed by atoms with E-state index >= 15 is 0 Å². The Balaban J connectivity index is 4.31. The molecule has 0 radical (unpaired) electrons. The van der Waals surface area contributed by atoms with Crippen LogP contribution in [0.3, 0.4) is 0 Å². The van der Waals surface area contributed by atoms with Gasteiger partial charge in [0, 0.05) is 5.92 Å². The van der Waals surface area contributed by atoms with Gasteiger partial charge in [-0.2, -0.15) is 0 Å². The number of carbonyl (C=O) groups is 2. The fourth-order valence-corrected chi connectivity index (χ4v) is 1.74. The van der Waals surface area contributed by atoms with Crippen molar-refractivity contribution in [2.75, 3.05) is 6.61 Å². The van der Waals surface area contributed by atoms with Crippen molar-refractivity contribution in [3.63, 3.8) is 0 Å². The lowest BCUT2D eigenvalue weighted by atomic mass is 9.88. The zero-order valence-corrected chi connectivity index (χ0v) is 10.9. The van der Waals surface area contributed by atoms with Gasteiger partial charge in [-0.25, -0.2) is 0 Å². The van der Waals surface area contributed by atoms with Crippen LogP contribution in [0.2, 0.25) is 0 Å². The molecule has 2 unspecified atom stereocenters. The Bertz CT molecular complexity index is 223. The van der Waals surface area contributed by atoms with E-state index in [1.54, 1.807) is 13.8 Å². The second-order valence-electron chi connectivity index (χ2n) is 4.12. The molecule has 94 valence electrons. The zero-order valence-electron chi connectivity index (χ0n) is 10.9. The molecule has 0 aliphatic rings. The van der Waals surface area contributed by atoms with Crippen LogP contribution in [0.4, 0.5) is 0 Å². The predicted molar refractivity (Wildman–Crippen MR) is 64.1 cm³/mol. The number of hydrogen-bond acceptors (Lipinski definition) is 3. The SMILES string of the molecule is CCCCC(CC)C(=O)C(C)C(=O)OCC. The van der Waals surface area contributed by atoms with Crippen molar-refractivity contribution in [1.82, 2.24) is 0 Å². The summed E-state index contributed by atoms with van der Waals surface area (Å²) in [7, 11) is 0. The van der Waals surface area contributed by atoms with Gasteiger partial charge in [-0.15, -0.1) is 0 Å². The first-order valence-electron chi connectivity index (χ1n) is 6.28. The van der Waals surface area contributed by atoms with Gasteiger partial charge in [0.2, 0.25) is 0 Å². The van der Waals surface area contributed by atoms with Gasteiger partial charge in [0.1, 0.15) is 11.7 Å². The number of ketones is 1. The van der Waals surface area contributed by atoms with Gasteiger partial charge in [0.15, 0.2) is 0 Å². The van der Waals surface area contributed by atoms with Crippen LogP contribution < -0.4 is 0 Å². The molecule has 0 saturated heterocycles. The molecule has 3 heteroatoms. The smallest absolute Gasteiger partial charge is 0.316 e. The lowest BCUT2D eigenvalue weighted by molar-refractivity contribution is -0.151. The van der Waals surface area contributed by atoms with Crippen LogP contribution in [0.5, 0.6) is 0 Å². The van der Waals surface area contributed by atoms with Gasteiger partial charge >= 0.3 is 5.97 Å².